The van der Waals surface area contributed by atoms with E-state index in [0.717, 1.165) is 58.2 Å². The third kappa shape index (κ3) is 4.99. The van der Waals surface area contributed by atoms with Crippen LogP contribution in [0.15, 0.2) is 27.8 Å². The predicted octanol–water partition coefficient (Wildman–Crippen LogP) is 1.92. The van der Waals surface area contributed by atoms with Crippen LogP contribution in [0.3, 0.4) is 0 Å². The van der Waals surface area contributed by atoms with Crippen LogP contribution in [0.1, 0.15) is 30.3 Å². The lowest BCUT2D eigenvalue weighted by molar-refractivity contribution is 0.0657. The molecular formula is C19H30N4O3S. The van der Waals surface area contributed by atoms with Crippen LogP contribution in [0.5, 0.6) is 0 Å². The highest BCUT2D eigenvalue weighted by Gasteiger charge is 2.32. The fourth-order valence-corrected chi connectivity index (χ4v) is 4.26. The maximum absolute atomic E-state index is 12.4. The van der Waals surface area contributed by atoms with Gasteiger partial charge in [-0.25, -0.2) is 0 Å². The summed E-state index contributed by atoms with van der Waals surface area (Å²) < 4.78 is 10.9. The zero-order chi connectivity index (χ0) is 19.1. The van der Waals surface area contributed by atoms with E-state index in [1.165, 1.54) is 6.26 Å². The number of nitrogens with zero attached hydrogens (tertiary/aromatic N) is 3. The lowest BCUT2D eigenvalue weighted by Gasteiger charge is -2.37. The predicted molar refractivity (Wildman–Crippen MR) is 108 cm³/mol. The number of furan rings is 1. The first-order valence-corrected chi connectivity index (χ1v) is 10.9. The summed E-state index contributed by atoms with van der Waals surface area (Å²) in [5.41, 5.74) is 0. The van der Waals surface area contributed by atoms with E-state index in [-0.39, 0.29) is 10.7 Å². The van der Waals surface area contributed by atoms with Crippen LogP contribution in [0.2, 0.25) is 0 Å². The molecular weight excluding hydrogens is 364 g/mol. The van der Waals surface area contributed by atoms with E-state index in [2.05, 4.69) is 23.4 Å². The number of guanidine groups is 1. The van der Waals surface area contributed by atoms with Gasteiger partial charge in [-0.2, -0.15) is 11.8 Å². The van der Waals surface area contributed by atoms with E-state index in [4.69, 9.17) is 14.1 Å². The first kappa shape index (κ1) is 20.1. The molecule has 1 N–H and O–H groups in total. The summed E-state index contributed by atoms with van der Waals surface area (Å²) in [6.07, 6.45) is 5.80. The maximum Gasteiger partial charge on any atom is 0.289 e. The quantitative estimate of drug-likeness (QED) is 0.608. The Bertz CT molecular complexity index is 621. The van der Waals surface area contributed by atoms with Gasteiger partial charge in [0, 0.05) is 50.7 Å². The van der Waals surface area contributed by atoms with Crippen molar-refractivity contribution in [1.29, 1.82) is 0 Å². The Kier molecular flexibility index (Phi) is 7.07. The lowest BCUT2D eigenvalue weighted by Crippen LogP contribution is -2.54. The molecule has 0 aromatic carbocycles. The number of piperazine rings is 1. The number of aliphatic imine (C=N–C) groups is 1. The molecule has 3 heterocycles. The van der Waals surface area contributed by atoms with E-state index in [1.807, 2.05) is 16.7 Å². The molecule has 27 heavy (non-hydrogen) atoms. The normalized spacial score (nSPS) is 20.6. The Labute approximate surface area is 165 Å². The number of ether oxygens (including phenoxy) is 1. The molecule has 1 aromatic rings. The molecule has 3 rings (SSSR count). The zero-order valence-corrected chi connectivity index (χ0v) is 17.1. The fourth-order valence-electron chi connectivity index (χ4n) is 3.49. The summed E-state index contributed by atoms with van der Waals surface area (Å²) in [6.45, 7) is 8.25. The minimum Gasteiger partial charge on any atom is -0.459 e. The molecule has 8 heteroatoms. The van der Waals surface area contributed by atoms with Gasteiger partial charge in [0.15, 0.2) is 11.7 Å². The molecule has 0 aliphatic carbocycles. The van der Waals surface area contributed by atoms with Crippen LogP contribution in [0.4, 0.5) is 0 Å². The van der Waals surface area contributed by atoms with Gasteiger partial charge in [-0.1, -0.05) is 0 Å². The highest BCUT2D eigenvalue weighted by atomic mass is 32.2. The van der Waals surface area contributed by atoms with Gasteiger partial charge in [-0.3, -0.25) is 9.79 Å². The van der Waals surface area contributed by atoms with Crippen molar-refractivity contribution < 1.29 is 13.9 Å². The molecule has 0 saturated carbocycles. The Morgan fingerprint density at radius 1 is 1.26 bits per heavy atom. The fraction of sp³-hybridized carbons (Fsp3) is 0.684. The van der Waals surface area contributed by atoms with Crippen molar-refractivity contribution in [2.75, 3.05) is 58.7 Å². The SMILES string of the molecule is CCNC(=NCC1(SC)CCOCC1)N1CCN(C(=O)c2ccco2)CC1. The first-order chi connectivity index (χ1) is 13.2. The van der Waals surface area contributed by atoms with Gasteiger partial charge in [0.2, 0.25) is 0 Å². The van der Waals surface area contributed by atoms with Gasteiger partial charge in [-0.15, -0.1) is 0 Å². The molecule has 0 radical (unpaired) electrons. The minimum atomic E-state index is -0.0369. The summed E-state index contributed by atoms with van der Waals surface area (Å²) in [7, 11) is 0. The van der Waals surface area contributed by atoms with Crippen LogP contribution in [-0.2, 0) is 4.74 Å². The molecule has 2 aliphatic heterocycles. The van der Waals surface area contributed by atoms with Crippen molar-refractivity contribution >= 4 is 23.6 Å². The maximum atomic E-state index is 12.4. The molecule has 2 fully saturated rings. The van der Waals surface area contributed by atoms with Gasteiger partial charge < -0.3 is 24.3 Å². The molecule has 1 amide bonds. The number of hydrogen-bond donors (Lipinski definition) is 1. The second-order valence-corrected chi connectivity index (χ2v) is 8.20. The third-order valence-electron chi connectivity index (χ3n) is 5.29. The molecule has 0 unspecified atom stereocenters. The standard InChI is InChI=1S/C19H30N4O3S/c1-3-20-18(21-15-19(27-2)6-13-25-14-7-19)23-10-8-22(9-11-23)17(24)16-5-4-12-26-16/h4-5,12H,3,6-11,13-15H2,1-2H3,(H,20,21). The second kappa shape index (κ2) is 9.50. The smallest absolute Gasteiger partial charge is 0.289 e. The van der Waals surface area contributed by atoms with E-state index in [1.54, 1.807) is 12.1 Å². The molecule has 150 valence electrons. The van der Waals surface area contributed by atoms with Crippen molar-refractivity contribution in [3.63, 3.8) is 0 Å². The van der Waals surface area contributed by atoms with Crippen molar-refractivity contribution in [1.82, 2.24) is 15.1 Å². The van der Waals surface area contributed by atoms with Crippen molar-refractivity contribution in [3.8, 4) is 0 Å². The molecule has 2 saturated heterocycles. The first-order valence-electron chi connectivity index (χ1n) is 9.66. The van der Waals surface area contributed by atoms with Crippen LogP contribution in [0, 0.1) is 0 Å². The van der Waals surface area contributed by atoms with E-state index < -0.39 is 0 Å². The Balaban J connectivity index is 1.59. The molecule has 0 atom stereocenters. The van der Waals surface area contributed by atoms with Crippen LogP contribution in [-0.4, -0.2) is 85.2 Å². The summed E-state index contributed by atoms with van der Waals surface area (Å²) in [5, 5.41) is 3.42. The number of nitrogens with one attached hydrogen (secondary N) is 1. The highest BCUT2D eigenvalue weighted by molar-refractivity contribution is 8.00. The van der Waals surface area contributed by atoms with Crippen molar-refractivity contribution in [3.05, 3.63) is 24.2 Å². The van der Waals surface area contributed by atoms with Crippen LogP contribution in [0.25, 0.3) is 0 Å². The monoisotopic (exact) mass is 394 g/mol. The third-order valence-corrected chi connectivity index (χ3v) is 6.69. The summed E-state index contributed by atoms with van der Waals surface area (Å²) in [5.74, 6) is 1.32. The largest absolute Gasteiger partial charge is 0.459 e. The van der Waals surface area contributed by atoms with Gasteiger partial charge >= 0.3 is 0 Å². The van der Waals surface area contributed by atoms with E-state index >= 15 is 0 Å². The minimum absolute atomic E-state index is 0.0369. The summed E-state index contributed by atoms with van der Waals surface area (Å²) in [4.78, 5) is 21.5. The van der Waals surface area contributed by atoms with Gasteiger partial charge in [0.05, 0.1) is 12.8 Å². The molecule has 7 nitrogen and oxygen atoms in total. The molecule has 0 spiro atoms. The van der Waals surface area contributed by atoms with Gasteiger partial charge in [0.25, 0.3) is 5.91 Å². The van der Waals surface area contributed by atoms with Gasteiger partial charge in [-0.05, 0) is 38.2 Å². The van der Waals surface area contributed by atoms with Crippen LogP contribution >= 0.6 is 11.8 Å². The van der Waals surface area contributed by atoms with Crippen molar-refractivity contribution in [2.24, 2.45) is 4.99 Å². The second-order valence-electron chi connectivity index (χ2n) is 6.93. The number of hydrogen-bond acceptors (Lipinski definition) is 5. The summed E-state index contributed by atoms with van der Waals surface area (Å²) in [6, 6.07) is 3.47. The number of carbonyl (C=O) groups excluding carboxylic acids is 1. The average molecular weight is 395 g/mol. The summed E-state index contributed by atoms with van der Waals surface area (Å²) >= 11 is 1.91. The van der Waals surface area contributed by atoms with E-state index in [0.29, 0.717) is 18.8 Å². The number of carbonyl (C=O) groups is 1. The Morgan fingerprint density at radius 2 is 1.96 bits per heavy atom. The highest BCUT2D eigenvalue weighted by Crippen LogP contribution is 2.34. The van der Waals surface area contributed by atoms with E-state index in [9.17, 15) is 4.79 Å². The Morgan fingerprint density at radius 3 is 2.56 bits per heavy atom. The average Bonchev–Trinajstić information content (AvgIpc) is 3.26. The number of amides is 1. The zero-order valence-electron chi connectivity index (χ0n) is 16.3. The Hall–Kier alpha value is -1.67. The topological polar surface area (TPSA) is 70.3 Å². The molecule has 2 aliphatic rings. The number of rotatable bonds is 5. The number of thioether (sulfide) groups is 1. The lowest BCUT2D eigenvalue weighted by atomic mass is 9.99. The van der Waals surface area contributed by atoms with Gasteiger partial charge in [0.1, 0.15) is 0 Å². The molecule has 0 bridgehead atoms. The van der Waals surface area contributed by atoms with Crippen LogP contribution < -0.4 is 5.32 Å². The molecule has 1 aromatic heterocycles. The van der Waals surface area contributed by atoms with Crippen molar-refractivity contribution in [2.45, 2.75) is 24.5 Å².